The fraction of sp³-hybridized carbons (Fsp3) is 0.632. The van der Waals surface area contributed by atoms with Crippen molar-refractivity contribution in [2.75, 3.05) is 6.54 Å². The summed E-state index contributed by atoms with van der Waals surface area (Å²) in [6.07, 6.45) is 0.145. The second kappa shape index (κ2) is 7.11. The van der Waals surface area contributed by atoms with E-state index in [1.54, 1.807) is 4.90 Å². The van der Waals surface area contributed by atoms with E-state index in [1.165, 1.54) is 0 Å². The van der Waals surface area contributed by atoms with Crippen molar-refractivity contribution in [3.8, 4) is 0 Å². The van der Waals surface area contributed by atoms with Gasteiger partial charge >= 0.3 is 6.09 Å². The molecule has 5 nitrogen and oxygen atoms in total. The molecule has 0 unspecified atom stereocenters. The zero-order valence-corrected chi connectivity index (χ0v) is 15.0. The first-order chi connectivity index (χ1) is 11.1. The summed E-state index contributed by atoms with van der Waals surface area (Å²) in [7, 11) is 0. The lowest BCUT2D eigenvalue weighted by molar-refractivity contribution is -0.151. The van der Waals surface area contributed by atoms with Gasteiger partial charge in [-0.2, -0.15) is 0 Å². The van der Waals surface area contributed by atoms with Gasteiger partial charge < -0.3 is 19.8 Å². The van der Waals surface area contributed by atoms with E-state index < -0.39 is 17.3 Å². The predicted molar refractivity (Wildman–Crippen MR) is 92.4 cm³/mol. The molecule has 1 saturated heterocycles. The third-order valence-electron chi connectivity index (χ3n) is 4.66. The molecule has 2 N–H and O–H groups in total. The summed E-state index contributed by atoms with van der Waals surface area (Å²) in [5, 5.41) is 20.2. The number of benzene rings is 1. The van der Waals surface area contributed by atoms with E-state index in [2.05, 4.69) is 0 Å². The van der Waals surface area contributed by atoms with E-state index in [0.29, 0.717) is 13.0 Å². The first-order valence-electron chi connectivity index (χ1n) is 8.53. The van der Waals surface area contributed by atoms with E-state index in [9.17, 15) is 15.0 Å². The zero-order chi connectivity index (χ0) is 18.0. The first-order valence-corrected chi connectivity index (χ1v) is 8.53. The van der Waals surface area contributed by atoms with Crippen LogP contribution in [0.2, 0.25) is 0 Å². The Kier molecular flexibility index (Phi) is 5.56. The van der Waals surface area contributed by atoms with Crippen LogP contribution in [0.4, 0.5) is 4.79 Å². The van der Waals surface area contributed by atoms with E-state index in [-0.39, 0.29) is 12.1 Å². The van der Waals surface area contributed by atoms with Gasteiger partial charge in [0, 0.05) is 18.0 Å². The molecule has 0 aromatic heterocycles. The van der Waals surface area contributed by atoms with E-state index in [4.69, 9.17) is 4.74 Å². The lowest BCUT2D eigenvalue weighted by Gasteiger charge is -2.42. The second-order valence-corrected chi connectivity index (χ2v) is 7.87. The number of rotatable bonds is 4. The number of aliphatic hydroxyl groups excluding tert-OH is 1. The molecule has 0 radical (unpaired) electrons. The third-order valence-corrected chi connectivity index (χ3v) is 4.66. The molecule has 134 valence electrons. The molecule has 0 bridgehead atoms. The van der Waals surface area contributed by atoms with E-state index in [1.807, 2.05) is 58.0 Å². The number of aliphatic hydroxyl groups is 2. The van der Waals surface area contributed by atoms with Gasteiger partial charge in [0.25, 0.3) is 0 Å². The summed E-state index contributed by atoms with van der Waals surface area (Å²) >= 11 is 0. The highest BCUT2D eigenvalue weighted by Crippen LogP contribution is 2.39. The molecule has 1 aliphatic rings. The zero-order valence-electron chi connectivity index (χ0n) is 15.0. The van der Waals surface area contributed by atoms with E-state index in [0.717, 1.165) is 18.4 Å². The summed E-state index contributed by atoms with van der Waals surface area (Å²) < 4.78 is 5.50. The number of hydrogen-bond acceptors (Lipinski definition) is 4. The molecular weight excluding hydrogens is 306 g/mol. The van der Waals surface area contributed by atoms with Crippen molar-refractivity contribution in [2.24, 2.45) is 5.41 Å². The van der Waals surface area contributed by atoms with Crippen LogP contribution in [0, 0.1) is 5.41 Å². The Morgan fingerprint density at radius 3 is 2.42 bits per heavy atom. The third kappa shape index (κ3) is 4.28. The molecule has 1 heterocycles. The minimum atomic E-state index is -1.52. The molecule has 1 amide bonds. The lowest BCUT2D eigenvalue weighted by atomic mass is 9.75. The number of hydrogen-bond donors (Lipinski definition) is 2. The number of carbonyl (C=O) groups excluding carboxylic acids is 1. The highest BCUT2D eigenvalue weighted by Gasteiger charge is 2.47. The molecule has 5 heteroatoms. The average molecular weight is 335 g/mol. The van der Waals surface area contributed by atoms with Gasteiger partial charge in [-0.1, -0.05) is 37.3 Å². The fourth-order valence-electron chi connectivity index (χ4n) is 3.41. The van der Waals surface area contributed by atoms with Crippen LogP contribution in [0.5, 0.6) is 0 Å². The molecule has 0 spiro atoms. The Balaban J connectivity index is 2.24. The van der Waals surface area contributed by atoms with Crippen molar-refractivity contribution in [3.05, 3.63) is 35.9 Å². The molecule has 1 fully saturated rings. The van der Waals surface area contributed by atoms with Crippen LogP contribution >= 0.6 is 0 Å². The molecule has 0 aliphatic carbocycles. The van der Waals surface area contributed by atoms with Crippen LogP contribution < -0.4 is 0 Å². The Hall–Kier alpha value is -1.59. The molecular formula is C19H29NO4. The quantitative estimate of drug-likeness (QED) is 0.830. The highest BCUT2D eigenvalue weighted by molar-refractivity contribution is 5.69. The van der Waals surface area contributed by atoms with Crippen LogP contribution in [0.1, 0.15) is 46.1 Å². The molecule has 1 aliphatic heterocycles. The van der Waals surface area contributed by atoms with Crippen LogP contribution in [0.15, 0.2) is 30.3 Å². The lowest BCUT2D eigenvalue weighted by Crippen LogP contribution is -2.53. The van der Waals surface area contributed by atoms with Crippen molar-refractivity contribution in [3.63, 3.8) is 0 Å². The SMILES string of the molecule is CC(C)(C)OC(=O)N1CCC[C@H]1[C@@](C)(Cc1ccccc1)C(O)O. The second-order valence-electron chi connectivity index (χ2n) is 7.87. The highest BCUT2D eigenvalue weighted by atomic mass is 16.6. The van der Waals surface area contributed by atoms with Gasteiger partial charge in [0.05, 0.1) is 0 Å². The molecule has 24 heavy (non-hydrogen) atoms. The summed E-state index contributed by atoms with van der Waals surface area (Å²) in [5.41, 5.74) is -0.406. The summed E-state index contributed by atoms with van der Waals surface area (Å²) in [5.74, 6) is 0. The minimum absolute atomic E-state index is 0.271. The Bertz CT molecular complexity index is 552. The predicted octanol–water partition coefficient (Wildman–Crippen LogP) is 2.95. The smallest absolute Gasteiger partial charge is 0.410 e. The van der Waals surface area contributed by atoms with Crippen LogP contribution in [0.3, 0.4) is 0 Å². The Morgan fingerprint density at radius 2 is 1.88 bits per heavy atom. The molecule has 2 atom stereocenters. The van der Waals surface area contributed by atoms with Gasteiger partial charge in [-0.05, 0) is 45.6 Å². The maximum absolute atomic E-state index is 12.5. The average Bonchev–Trinajstić information content (AvgIpc) is 2.96. The molecule has 1 aromatic rings. The van der Waals surface area contributed by atoms with Crippen molar-refractivity contribution >= 4 is 6.09 Å². The number of nitrogens with zero attached hydrogens (tertiary/aromatic N) is 1. The fourth-order valence-corrected chi connectivity index (χ4v) is 3.41. The first kappa shape index (κ1) is 18.7. The van der Waals surface area contributed by atoms with Gasteiger partial charge in [0.2, 0.25) is 0 Å². The van der Waals surface area contributed by atoms with Crippen molar-refractivity contribution in [1.29, 1.82) is 0 Å². The summed E-state index contributed by atoms with van der Waals surface area (Å²) in [4.78, 5) is 14.2. The van der Waals surface area contributed by atoms with Crippen molar-refractivity contribution in [1.82, 2.24) is 4.90 Å². The standard InChI is InChI=1S/C19H29NO4/c1-18(2,3)24-17(23)20-12-8-11-15(20)19(4,16(21)22)13-14-9-6-5-7-10-14/h5-7,9-10,15-16,21-22H,8,11-13H2,1-4H3/t15-,19+/m0/s1. The minimum Gasteiger partial charge on any atom is -0.444 e. The van der Waals surface area contributed by atoms with Crippen molar-refractivity contribution in [2.45, 2.75) is 64.9 Å². The van der Waals surface area contributed by atoms with Gasteiger partial charge in [-0.15, -0.1) is 0 Å². The summed E-state index contributed by atoms with van der Waals surface area (Å²) in [6, 6.07) is 9.45. The molecule has 1 aromatic carbocycles. The van der Waals surface area contributed by atoms with E-state index >= 15 is 0 Å². The van der Waals surface area contributed by atoms with Gasteiger partial charge in [-0.25, -0.2) is 4.79 Å². The monoisotopic (exact) mass is 335 g/mol. The normalized spacial score (nSPS) is 21.0. The number of ether oxygens (including phenoxy) is 1. The molecule has 2 rings (SSSR count). The van der Waals surface area contributed by atoms with Crippen molar-refractivity contribution < 1.29 is 19.7 Å². The Labute approximate surface area is 144 Å². The largest absolute Gasteiger partial charge is 0.444 e. The summed E-state index contributed by atoms with van der Waals surface area (Å²) in [6.45, 7) is 7.91. The molecule has 0 saturated carbocycles. The van der Waals surface area contributed by atoms with Gasteiger partial charge in [-0.3, -0.25) is 0 Å². The number of likely N-dealkylation sites (tertiary alicyclic amines) is 1. The number of amides is 1. The van der Waals surface area contributed by atoms with Crippen LogP contribution in [-0.4, -0.2) is 45.7 Å². The van der Waals surface area contributed by atoms with Gasteiger partial charge in [0.15, 0.2) is 6.29 Å². The topological polar surface area (TPSA) is 70.0 Å². The Morgan fingerprint density at radius 1 is 1.25 bits per heavy atom. The van der Waals surface area contributed by atoms with Gasteiger partial charge in [0.1, 0.15) is 5.60 Å². The van der Waals surface area contributed by atoms with Crippen LogP contribution in [-0.2, 0) is 11.2 Å². The number of carbonyl (C=O) groups is 1. The van der Waals surface area contributed by atoms with Crippen LogP contribution in [0.25, 0.3) is 0 Å². The maximum Gasteiger partial charge on any atom is 0.410 e. The maximum atomic E-state index is 12.5.